The lowest BCUT2D eigenvalue weighted by atomic mass is 10.2. The zero-order chi connectivity index (χ0) is 14.5. The molecule has 0 aliphatic carbocycles. The van der Waals surface area contributed by atoms with Crippen LogP contribution in [0.15, 0.2) is 43.0 Å². The van der Waals surface area contributed by atoms with E-state index in [2.05, 4.69) is 33.1 Å². The van der Waals surface area contributed by atoms with Crippen molar-refractivity contribution in [1.29, 1.82) is 0 Å². The number of aromatic nitrogens is 2. The Morgan fingerprint density at radius 3 is 2.95 bits per heavy atom. The van der Waals surface area contributed by atoms with Crippen molar-refractivity contribution in [1.82, 2.24) is 14.9 Å². The molecule has 3 aromatic rings. The molecule has 3 rings (SSSR count). The molecule has 2 heterocycles. The number of unbranched alkanes of at least 4 members (excludes halogenated alkanes) is 1. The van der Waals surface area contributed by atoms with Crippen LogP contribution >= 0.6 is 22.9 Å². The summed E-state index contributed by atoms with van der Waals surface area (Å²) in [6, 6.07) is 8.31. The molecule has 0 saturated heterocycles. The summed E-state index contributed by atoms with van der Waals surface area (Å²) in [5, 5.41) is 5.56. The summed E-state index contributed by atoms with van der Waals surface area (Å²) >= 11 is 8.20. The van der Waals surface area contributed by atoms with E-state index in [9.17, 15) is 0 Å². The number of hydrogen-bond donors (Lipinski definition) is 1. The molecular weight excluding hydrogens is 302 g/mol. The number of benzene rings is 1. The molecule has 0 unspecified atom stereocenters. The fourth-order valence-electron chi connectivity index (χ4n) is 2.34. The molecule has 3 nitrogen and oxygen atoms in total. The second kappa shape index (κ2) is 7.07. The average molecular weight is 320 g/mol. The van der Waals surface area contributed by atoms with Gasteiger partial charge in [-0.3, -0.25) is 0 Å². The van der Waals surface area contributed by atoms with Crippen LogP contribution in [0.2, 0.25) is 5.02 Å². The molecule has 1 N–H and O–H groups in total. The molecule has 0 aliphatic rings. The lowest BCUT2D eigenvalue weighted by Crippen LogP contribution is -2.14. The molecule has 110 valence electrons. The van der Waals surface area contributed by atoms with Crippen molar-refractivity contribution in [3.05, 3.63) is 52.9 Å². The van der Waals surface area contributed by atoms with Gasteiger partial charge in [-0.25, -0.2) is 4.98 Å². The van der Waals surface area contributed by atoms with Crippen LogP contribution in [0.25, 0.3) is 10.1 Å². The fraction of sp³-hybridized carbons (Fsp3) is 0.312. The van der Waals surface area contributed by atoms with Gasteiger partial charge in [0.1, 0.15) is 0 Å². The molecule has 21 heavy (non-hydrogen) atoms. The van der Waals surface area contributed by atoms with Gasteiger partial charge in [0.2, 0.25) is 0 Å². The van der Waals surface area contributed by atoms with Crippen LogP contribution in [-0.4, -0.2) is 16.1 Å². The number of fused-ring (bicyclic) bond motifs is 1. The van der Waals surface area contributed by atoms with Gasteiger partial charge in [0.05, 0.1) is 11.3 Å². The Labute approximate surface area is 133 Å². The van der Waals surface area contributed by atoms with Gasteiger partial charge in [-0.2, -0.15) is 0 Å². The minimum Gasteiger partial charge on any atom is -0.337 e. The normalized spacial score (nSPS) is 11.3. The second-order valence-corrected chi connectivity index (χ2v) is 6.53. The summed E-state index contributed by atoms with van der Waals surface area (Å²) in [4.78, 5) is 5.27. The van der Waals surface area contributed by atoms with E-state index in [1.54, 1.807) is 11.3 Å². The SMILES string of the molecule is Clc1c(CNCCCCn2ccnc2)sc2ccccc12. The molecule has 0 bridgehead atoms. The Balaban J connectivity index is 1.43. The van der Waals surface area contributed by atoms with E-state index < -0.39 is 0 Å². The monoisotopic (exact) mass is 319 g/mol. The standard InChI is InChI=1S/C16H18ClN3S/c17-16-13-5-1-2-6-14(13)21-15(16)11-18-7-3-4-9-20-10-8-19-12-20/h1-2,5-6,8,10,12,18H,3-4,7,9,11H2. The van der Waals surface area contributed by atoms with Crippen LogP contribution in [0, 0.1) is 0 Å². The summed E-state index contributed by atoms with van der Waals surface area (Å²) in [5.74, 6) is 0. The molecule has 2 aromatic heterocycles. The molecule has 0 spiro atoms. The van der Waals surface area contributed by atoms with Gasteiger partial charge < -0.3 is 9.88 Å². The van der Waals surface area contributed by atoms with E-state index >= 15 is 0 Å². The third kappa shape index (κ3) is 3.64. The van der Waals surface area contributed by atoms with Crippen molar-refractivity contribution in [3.63, 3.8) is 0 Å². The van der Waals surface area contributed by atoms with Crippen LogP contribution in [-0.2, 0) is 13.1 Å². The maximum absolute atomic E-state index is 6.42. The molecule has 0 saturated carbocycles. The summed E-state index contributed by atoms with van der Waals surface area (Å²) in [6.07, 6.45) is 8.00. The molecule has 0 fully saturated rings. The maximum atomic E-state index is 6.42. The van der Waals surface area contributed by atoms with Crippen LogP contribution in [0.5, 0.6) is 0 Å². The Hall–Kier alpha value is -1.36. The summed E-state index contributed by atoms with van der Waals surface area (Å²) in [6.45, 7) is 2.90. The molecule has 5 heteroatoms. The van der Waals surface area contributed by atoms with E-state index in [0.717, 1.165) is 37.5 Å². The highest BCUT2D eigenvalue weighted by Crippen LogP contribution is 2.34. The van der Waals surface area contributed by atoms with Crippen molar-refractivity contribution in [2.24, 2.45) is 0 Å². The zero-order valence-corrected chi connectivity index (χ0v) is 13.3. The first-order valence-electron chi connectivity index (χ1n) is 7.17. The van der Waals surface area contributed by atoms with Gasteiger partial charge in [0, 0.05) is 40.4 Å². The van der Waals surface area contributed by atoms with E-state index in [-0.39, 0.29) is 0 Å². The van der Waals surface area contributed by atoms with Gasteiger partial charge >= 0.3 is 0 Å². The number of halogens is 1. The molecule has 0 amide bonds. The number of thiophene rings is 1. The highest BCUT2D eigenvalue weighted by molar-refractivity contribution is 7.19. The Bertz CT molecular complexity index is 691. The lowest BCUT2D eigenvalue weighted by Gasteiger charge is -2.04. The van der Waals surface area contributed by atoms with Crippen LogP contribution in [0.4, 0.5) is 0 Å². The van der Waals surface area contributed by atoms with Crippen molar-refractivity contribution < 1.29 is 0 Å². The molecule has 1 aromatic carbocycles. The predicted molar refractivity (Wildman–Crippen MR) is 90.0 cm³/mol. The Morgan fingerprint density at radius 2 is 2.14 bits per heavy atom. The van der Waals surface area contributed by atoms with Gasteiger partial charge in [0.25, 0.3) is 0 Å². The largest absolute Gasteiger partial charge is 0.337 e. The number of nitrogens with one attached hydrogen (secondary N) is 1. The minimum atomic E-state index is 0.850. The van der Waals surface area contributed by atoms with E-state index in [0.29, 0.717) is 0 Å². The number of aryl methyl sites for hydroxylation is 1. The maximum Gasteiger partial charge on any atom is 0.0945 e. The molecular formula is C16H18ClN3S. The Kier molecular flexibility index (Phi) is 4.91. The van der Waals surface area contributed by atoms with Crippen LogP contribution < -0.4 is 5.32 Å². The summed E-state index contributed by atoms with van der Waals surface area (Å²) in [5.41, 5.74) is 0. The minimum absolute atomic E-state index is 0.850. The molecule has 0 aliphatic heterocycles. The van der Waals surface area contributed by atoms with Gasteiger partial charge in [-0.05, 0) is 25.5 Å². The van der Waals surface area contributed by atoms with Crippen molar-refractivity contribution >= 4 is 33.0 Å². The van der Waals surface area contributed by atoms with Crippen molar-refractivity contribution in [2.75, 3.05) is 6.54 Å². The van der Waals surface area contributed by atoms with E-state index in [1.807, 2.05) is 24.8 Å². The second-order valence-electron chi connectivity index (χ2n) is 5.02. The predicted octanol–water partition coefficient (Wildman–Crippen LogP) is 4.32. The number of rotatable bonds is 7. The lowest BCUT2D eigenvalue weighted by molar-refractivity contribution is 0.570. The highest BCUT2D eigenvalue weighted by atomic mass is 35.5. The third-order valence-corrected chi connectivity index (χ3v) is 5.18. The quantitative estimate of drug-likeness (QED) is 0.657. The third-order valence-electron chi connectivity index (χ3n) is 3.47. The van der Waals surface area contributed by atoms with Crippen molar-refractivity contribution in [3.8, 4) is 0 Å². The van der Waals surface area contributed by atoms with E-state index in [1.165, 1.54) is 15.0 Å². The van der Waals surface area contributed by atoms with Crippen molar-refractivity contribution in [2.45, 2.75) is 25.9 Å². The molecule has 0 radical (unpaired) electrons. The fourth-order valence-corrected chi connectivity index (χ4v) is 3.81. The van der Waals surface area contributed by atoms with Gasteiger partial charge in [-0.1, -0.05) is 29.8 Å². The average Bonchev–Trinajstić information content (AvgIpc) is 3.12. The first-order chi connectivity index (χ1) is 10.3. The smallest absolute Gasteiger partial charge is 0.0945 e. The highest BCUT2D eigenvalue weighted by Gasteiger charge is 2.08. The summed E-state index contributed by atoms with van der Waals surface area (Å²) in [7, 11) is 0. The number of hydrogen-bond acceptors (Lipinski definition) is 3. The van der Waals surface area contributed by atoms with E-state index in [4.69, 9.17) is 11.6 Å². The first-order valence-corrected chi connectivity index (χ1v) is 8.36. The Morgan fingerprint density at radius 1 is 1.24 bits per heavy atom. The number of nitrogens with zero attached hydrogens (tertiary/aromatic N) is 2. The van der Waals surface area contributed by atoms with Gasteiger partial charge in [0.15, 0.2) is 0 Å². The number of imidazole rings is 1. The summed E-state index contributed by atoms with van der Waals surface area (Å²) < 4.78 is 3.38. The van der Waals surface area contributed by atoms with Crippen LogP contribution in [0.3, 0.4) is 0 Å². The first kappa shape index (κ1) is 14.6. The van der Waals surface area contributed by atoms with Crippen LogP contribution in [0.1, 0.15) is 17.7 Å². The molecule has 0 atom stereocenters. The zero-order valence-electron chi connectivity index (χ0n) is 11.8. The topological polar surface area (TPSA) is 29.9 Å². The van der Waals surface area contributed by atoms with Gasteiger partial charge in [-0.15, -0.1) is 11.3 Å².